The third-order valence-corrected chi connectivity index (χ3v) is 3.34. The summed E-state index contributed by atoms with van der Waals surface area (Å²) in [5.41, 5.74) is 0.534. The largest absolute Gasteiger partial charge is 0.480 e. The summed E-state index contributed by atoms with van der Waals surface area (Å²) in [6, 6.07) is 0.940. The van der Waals surface area contributed by atoms with Crippen molar-refractivity contribution in [2.75, 3.05) is 0 Å². The van der Waals surface area contributed by atoms with E-state index in [0.29, 0.717) is 17.9 Å². The number of nitrogens with one attached hydrogen (secondary N) is 1. The molecule has 1 amide bonds. The van der Waals surface area contributed by atoms with Crippen LogP contribution in [0, 0.1) is 5.92 Å². The van der Waals surface area contributed by atoms with Gasteiger partial charge in [0.2, 0.25) is 0 Å². The third kappa shape index (κ3) is 2.82. The van der Waals surface area contributed by atoms with Crippen LogP contribution < -0.4 is 5.32 Å². The molecule has 2 N–H and O–H groups in total. The molecule has 86 valence electrons. The number of carboxylic acid groups (broad SMARTS) is 1. The van der Waals surface area contributed by atoms with E-state index in [1.54, 1.807) is 16.8 Å². The Hall–Kier alpha value is -1.36. The number of carbonyl (C=O) groups excluding carboxylic acids is 1. The minimum atomic E-state index is -0.949. The van der Waals surface area contributed by atoms with Crippen molar-refractivity contribution in [1.82, 2.24) is 5.32 Å². The van der Waals surface area contributed by atoms with Crippen LogP contribution >= 0.6 is 11.3 Å². The molecule has 5 heteroatoms. The second-order valence-corrected chi connectivity index (χ2v) is 4.84. The Morgan fingerprint density at radius 2 is 2.31 bits per heavy atom. The van der Waals surface area contributed by atoms with Gasteiger partial charge in [-0.3, -0.25) is 4.79 Å². The normalized spacial score (nSPS) is 16.8. The standard InChI is InChI=1S/C11H13NO3S/c13-10(8-3-4-16-6-8)12-9(11(14)15)5-7-1-2-7/h3-4,6-7,9H,1-2,5H2,(H,12,13)(H,14,15). The van der Waals surface area contributed by atoms with Crippen LogP contribution in [-0.4, -0.2) is 23.0 Å². The lowest BCUT2D eigenvalue weighted by Crippen LogP contribution is -2.40. The van der Waals surface area contributed by atoms with Crippen LogP contribution in [0.15, 0.2) is 16.8 Å². The quantitative estimate of drug-likeness (QED) is 0.822. The predicted molar refractivity (Wildman–Crippen MR) is 60.6 cm³/mol. The molecule has 0 bridgehead atoms. The minimum Gasteiger partial charge on any atom is -0.480 e. The van der Waals surface area contributed by atoms with Crippen LogP contribution in [0.4, 0.5) is 0 Å². The van der Waals surface area contributed by atoms with E-state index >= 15 is 0 Å². The molecule has 1 atom stereocenters. The van der Waals surface area contributed by atoms with Gasteiger partial charge in [0.25, 0.3) is 5.91 Å². The maximum Gasteiger partial charge on any atom is 0.326 e. The van der Waals surface area contributed by atoms with Gasteiger partial charge in [-0.2, -0.15) is 11.3 Å². The monoisotopic (exact) mass is 239 g/mol. The fourth-order valence-corrected chi connectivity index (χ4v) is 2.18. The van der Waals surface area contributed by atoms with Gasteiger partial charge < -0.3 is 10.4 Å². The van der Waals surface area contributed by atoms with Gasteiger partial charge in [0, 0.05) is 5.38 Å². The summed E-state index contributed by atoms with van der Waals surface area (Å²) in [6.45, 7) is 0. The van der Waals surface area contributed by atoms with Crippen LogP contribution in [0.1, 0.15) is 29.6 Å². The molecule has 1 aromatic heterocycles. The van der Waals surface area contributed by atoms with E-state index in [-0.39, 0.29) is 5.91 Å². The highest BCUT2D eigenvalue weighted by Crippen LogP contribution is 2.33. The summed E-state index contributed by atoms with van der Waals surface area (Å²) in [6.07, 6.45) is 2.71. The lowest BCUT2D eigenvalue weighted by Gasteiger charge is -2.13. The SMILES string of the molecule is O=C(NC(CC1CC1)C(=O)O)c1ccsc1. The highest BCUT2D eigenvalue weighted by atomic mass is 32.1. The number of hydrogen-bond acceptors (Lipinski definition) is 3. The molecule has 2 rings (SSSR count). The van der Waals surface area contributed by atoms with E-state index < -0.39 is 12.0 Å². The molecule has 1 fully saturated rings. The van der Waals surface area contributed by atoms with E-state index in [1.807, 2.05) is 0 Å². The number of hydrogen-bond donors (Lipinski definition) is 2. The van der Waals surface area contributed by atoms with E-state index in [1.165, 1.54) is 11.3 Å². The molecule has 4 nitrogen and oxygen atoms in total. The molecule has 1 saturated carbocycles. The topological polar surface area (TPSA) is 66.4 Å². The molecule has 1 aliphatic rings. The molecular formula is C11H13NO3S. The Labute approximate surface area is 97.3 Å². The van der Waals surface area contributed by atoms with Crippen molar-refractivity contribution in [3.63, 3.8) is 0 Å². The molecule has 0 aliphatic heterocycles. The van der Waals surface area contributed by atoms with E-state index in [9.17, 15) is 9.59 Å². The summed E-state index contributed by atoms with van der Waals surface area (Å²) < 4.78 is 0. The lowest BCUT2D eigenvalue weighted by molar-refractivity contribution is -0.139. The van der Waals surface area contributed by atoms with Crippen molar-refractivity contribution in [3.8, 4) is 0 Å². The van der Waals surface area contributed by atoms with Crippen LogP contribution in [0.3, 0.4) is 0 Å². The maximum absolute atomic E-state index is 11.7. The second-order valence-electron chi connectivity index (χ2n) is 4.06. The minimum absolute atomic E-state index is 0.297. The predicted octanol–water partition coefficient (Wildman–Crippen LogP) is 1.73. The summed E-state index contributed by atoms with van der Waals surface area (Å²) in [5.74, 6) is -0.770. The first-order valence-electron chi connectivity index (χ1n) is 5.22. The Morgan fingerprint density at radius 3 is 2.81 bits per heavy atom. The summed E-state index contributed by atoms with van der Waals surface area (Å²) in [5, 5.41) is 15.1. The van der Waals surface area contributed by atoms with Gasteiger partial charge in [0.15, 0.2) is 0 Å². The van der Waals surface area contributed by atoms with Crippen molar-refractivity contribution in [1.29, 1.82) is 0 Å². The van der Waals surface area contributed by atoms with Crippen LogP contribution in [0.5, 0.6) is 0 Å². The van der Waals surface area contributed by atoms with Crippen molar-refractivity contribution < 1.29 is 14.7 Å². The molecule has 0 saturated heterocycles. The highest BCUT2D eigenvalue weighted by molar-refractivity contribution is 7.08. The van der Waals surface area contributed by atoms with Crippen LogP contribution in [0.2, 0.25) is 0 Å². The number of thiophene rings is 1. The average molecular weight is 239 g/mol. The molecule has 0 spiro atoms. The maximum atomic E-state index is 11.7. The zero-order chi connectivity index (χ0) is 11.5. The van der Waals surface area contributed by atoms with Gasteiger partial charge in [-0.15, -0.1) is 0 Å². The van der Waals surface area contributed by atoms with E-state index in [0.717, 1.165) is 12.8 Å². The molecule has 0 aromatic carbocycles. The van der Waals surface area contributed by atoms with Crippen molar-refractivity contribution >= 4 is 23.2 Å². The highest BCUT2D eigenvalue weighted by Gasteiger charge is 2.30. The zero-order valence-corrected chi connectivity index (χ0v) is 9.50. The Morgan fingerprint density at radius 1 is 1.56 bits per heavy atom. The zero-order valence-electron chi connectivity index (χ0n) is 8.68. The van der Waals surface area contributed by atoms with Gasteiger partial charge in [-0.25, -0.2) is 4.79 Å². The van der Waals surface area contributed by atoms with E-state index in [2.05, 4.69) is 5.32 Å². The number of rotatable bonds is 5. The number of carbonyl (C=O) groups is 2. The molecule has 1 aromatic rings. The Bertz CT molecular complexity index is 384. The van der Waals surface area contributed by atoms with Crippen molar-refractivity contribution in [2.45, 2.75) is 25.3 Å². The average Bonchev–Trinajstić information content (AvgIpc) is 2.89. The molecule has 1 unspecified atom stereocenters. The fourth-order valence-electron chi connectivity index (χ4n) is 1.54. The van der Waals surface area contributed by atoms with Crippen LogP contribution in [0.25, 0.3) is 0 Å². The Balaban J connectivity index is 1.94. The lowest BCUT2D eigenvalue weighted by atomic mass is 10.1. The van der Waals surface area contributed by atoms with Crippen molar-refractivity contribution in [3.05, 3.63) is 22.4 Å². The molecule has 0 radical (unpaired) electrons. The number of aliphatic carboxylic acids is 1. The van der Waals surface area contributed by atoms with Gasteiger partial charge in [0.1, 0.15) is 6.04 Å². The van der Waals surface area contributed by atoms with Gasteiger partial charge >= 0.3 is 5.97 Å². The van der Waals surface area contributed by atoms with Crippen molar-refractivity contribution in [2.24, 2.45) is 5.92 Å². The smallest absolute Gasteiger partial charge is 0.326 e. The van der Waals surface area contributed by atoms with Gasteiger partial charge in [-0.05, 0) is 23.8 Å². The van der Waals surface area contributed by atoms with Gasteiger partial charge in [-0.1, -0.05) is 12.8 Å². The second kappa shape index (κ2) is 4.65. The number of amides is 1. The first-order valence-corrected chi connectivity index (χ1v) is 6.17. The first kappa shape index (κ1) is 11.1. The van der Waals surface area contributed by atoms with Gasteiger partial charge in [0.05, 0.1) is 5.56 Å². The summed E-state index contributed by atoms with van der Waals surface area (Å²) in [4.78, 5) is 22.6. The summed E-state index contributed by atoms with van der Waals surface area (Å²) >= 11 is 1.42. The molecule has 1 aliphatic carbocycles. The summed E-state index contributed by atoms with van der Waals surface area (Å²) in [7, 11) is 0. The van der Waals surface area contributed by atoms with Crippen LogP contribution in [-0.2, 0) is 4.79 Å². The molecule has 1 heterocycles. The molecular weight excluding hydrogens is 226 g/mol. The fraction of sp³-hybridized carbons (Fsp3) is 0.455. The first-order chi connectivity index (χ1) is 7.66. The number of carboxylic acids is 1. The Kier molecular flexibility index (Phi) is 3.24. The third-order valence-electron chi connectivity index (χ3n) is 2.65. The van der Waals surface area contributed by atoms with E-state index in [4.69, 9.17) is 5.11 Å². The molecule has 16 heavy (non-hydrogen) atoms.